The molecule has 0 rings (SSSR count). The zero-order valence-corrected chi connectivity index (χ0v) is 4.38. The van der Waals surface area contributed by atoms with Crippen LogP contribution in [0.25, 0.3) is 0 Å². The second kappa shape index (κ2) is 4.26. The molecule has 0 aliphatic rings. The van der Waals surface area contributed by atoms with E-state index in [2.05, 4.69) is 4.74 Å². The summed E-state index contributed by atoms with van der Waals surface area (Å²) in [6.45, 7) is 0. The lowest BCUT2D eigenvalue weighted by atomic mass is 10.6. The first-order chi connectivity index (χ1) is 3.85. The third-order valence-corrected chi connectivity index (χ3v) is 0.579. The Hall–Kier alpha value is -0.900. The summed E-state index contributed by atoms with van der Waals surface area (Å²) in [6, 6.07) is 0. The van der Waals surface area contributed by atoms with Gasteiger partial charge in [0, 0.05) is 7.11 Å². The van der Waals surface area contributed by atoms with Crippen LogP contribution in [0.4, 0.5) is 0 Å². The van der Waals surface area contributed by atoms with Crippen LogP contribution < -0.4 is 5.32 Å². The lowest BCUT2D eigenvalue weighted by Crippen LogP contribution is -2.30. The molecule has 1 N–H and O–H groups in total. The molecule has 1 unspecified atom stereocenters. The summed E-state index contributed by atoms with van der Waals surface area (Å²) in [4.78, 5) is 19.2. The molecule has 0 aliphatic heterocycles. The first-order valence-electron chi connectivity index (χ1n) is 1.96. The van der Waals surface area contributed by atoms with Gasteiger partial charge in [-0.05, 0) is 0 Å². The van der Waals surface area contributed by atoms with E-state index in [0.29, 0.717) is 6.29 Å². The molecule has 0 aromatic carbocycles. The van der Waals surface area contributed by atoms with Gasteiger partial charge in [0.1, 0.15) is 0 Å². The van der Waals surface area contributed by atoms with Crippen molar-refractivity contribution in [3.05, 3.63) is 0 Å². The van der Waals surface area contributed by atoms with Crippen molar-refractivity contribution in [3.8, 4) is 0 Å². The Bertz CT molecular complexity index is 83.4. The van der Waals surface area contributed by atoms with E-state index in [-0.39, 0.29) is 0 Å². The second-order valence-electron chi connectivity index (χ2n) is 1.04. The van der Waals surface area contributed by atoms with Crippen molar-refractivity contribution in [2.45, 2.75) is 6.23 Å². The topological polar surface area (TPSA) is 55.4 Å². The van der Waals surface area contributed by atoms with Gasteiger partial charge in [-0.3, -0.25) is 9.59 Å². The van der Waals surface area contributed by atoms with Crippen LogP contribution in [-0.4, -0.2) is 26.0 Å². The van der Waals surface area contributed by atoms with Gasteiger partial charge in [-0.15, -0.1) is 0 Å². The highest BCUT2D eigenvalue weighted by Crippen LogP contribution is 1.72. The quantitative estimate of drug-likeness (QED) is 0.285. The van der Waals surface area contributed by atoms with E-state index in [4.69, 9.17) is 0 Å². The van der Waals surface area contributed by atoms with E-state index in [1.807, 2.05) is 5.32 Å². The van der Waals surface area contributed by atoms with Crippen LogP contribution in [0.15, 0.2) is 0 Å². The Balaban J connectivity index is 3.35. The molecule has 0 aliphatic carbocycles. The fourth-order valence-corrected chi connectivity index (χ4v) is 0.207. The fourth-order valence-electron chi connectivity index (χ4n) is 0.207. The largest absolute Gasteiger partial charge is 0.355 e. The Morgan fingerprint density at radius 2 is 2.50 bits per heavy atom. The summed E-state index contributed by atoms with van der Waals surface area (Å²) in [5.41, 5.74) is 0. The molecule has 0 aromatic heterocycles. The van der Waals surface area contributed by atoms with E-state index in [1.54, 1.807) is 0 Å². The molecule has 0 saturated heterocycles. The van der Waals surface area contributed by atoms with Crippen molar-refractivity contribution in [2.24, 2.45) is 0 Å². The van der Waals surface area contributed by atoms with Crippen molar-refractivity contribution in [1.82, 2.24) is 5.32 Å². The second-order valence-corrected chi connectivity index (χ2v) is 1.04. The fraction of sp³-hybridized carbons (Fsp3) is 0.500. The zero-order valence-electron chi connectivity index (χ0n) is 4.38. The van der Waals surface area contributed by atoms with Crippen LogP contribution in [0.5, 0.6) is 0 Å². The van der Waals surface area contributed by atoms with Crippen molar-refractivity contribution in [2.75, 3.05) is 7.11 Å². The highest BCUT2D eigenvalue weighted by atomic mass is 16.5. The standard InChI is InChI=1S/C4H6NO3/c1-8-4(2-6)5-3-7/h2,4H,1H3,(H,5,7). The molecule has 1 radical (unpaired) electrons. The summed E-state index contributed by atoms with van der Waals surface area (Å²) in [6.07, 6.45) is 0.922. The lowest BCUT2D eigenvalue weighted by molar-refractivity contribution is -0.117. The predicted octanol–water partition coefficient (Wildman–Crippen LogP) is -1.19. The summed E-state index contributed by atoms with van der Waals surface area (Å²) < 4.78 is 4.40. The molecule has 1 amide bonds. The van der Waals surface area contributed by atoms with Gasteiger partial charge >= 0.3 is 6.41 Å². The summed E-state index contributed by atoms with van der Waals surface area (Å²) in [5, 5.41) is 1.99. The normalized spacial score (nSPS) is 12.1. The van der Waals surface area contributed by atoms with Gasteiger partial charge in [0.15, 0.2) is 12.5 Å². The van der Waals surface area contributed by atoms with Crippen LogP contribution in [-0.2, 0) is 14.3 Å². The monoisotopic (exact) mass is 116 g/mol. The number of hydrogen-bond acceptors (Lipinski definition) is 3. The van der Waals surface area contributed by atoms with Crippen LogP contribution in [0, 0.1) is 0 Å². The SMILES string of the molecule is COC(C=O)N[C]=O. The van der Waals surface area contributed by atoms with E-state index in [9.17, 15) is 9.59 Å². The van der Waals surface area contributed by atoms with Crippen LogP contribution in [0.1, 0.15) is 0 Å². The molecular formula is C4H6NO3. The van der Waals surface area contributed by atoms with Gasteiger partial charge in [-0.1, -0.05) is 0 Å². The minimum absolute atomic E-state index is 0.463. The van der Waals surface area contributed by atoms with Crippen molar-refractivity contribution < 1.29 is 14.3 Å². The lowest BCUT2D eigenvalue weighted by Gasteiger charge is -2.02. The maximum Gasteiger partial charge on any atom is 0.311 e. The average Bonchev–Trinajstić information content (AvgIpc) is 1.83. The molecule has 0 fully saturated rings. The highest BCUT2D eigenvalue weighted by molar-refractivity contribution is 5.61. The number of hydrogen-bond donors (Lipinski definition) is 1. The summed E-state index contributed by atoms with van der Waals surface area (Å²) >= 11 is 0. The Morgan fingerprint density at radius 1 is 1.88 bits per heavy atom. The Kier molecular flexibility index (Phi) is 3.78. The molecule has 0 spiro atoms. The van der Waals surface area contributed by atoms with Gasteiger partial charge in [0.25, 0.3) is 0 Å². The number of carbonyl (C=O) groups is 1. The third-order valence-electron chi connectivity index (χ3n) is 0.579. The maximum atomic E-state index is 9.76. The Morgan fingerprint density at radius 3 is 2.62 bits per heavy atom. The number of methoxy groups -OCH3 is 1. The number of rotatable bonds is 4. The maximum absolute atomic E-state index is 9.76. The van der Waals surface area contributed by atoms with E-state index in [0.717, 1.165) is 0 Å². The number of nitrogens with one attached hydrogen (secondary N) is 1. The number of amides is 1. The minimum atomic E-state index is -0.854. The minimum Gasteiger partial charge on any atom is -0.355 e. The molecular weight excluding hydrogens is 110 g/mol. The molecule has 0 aromatic rings. The predicted molar refractivity (Wildman–Crippen MR) is 25.7 cm³/mol. The van der Waals surface area contributed by atoms with Crippen molar-refractivity contribution in [3.63, 3.8) is 0 Å². The number of ether oxygens (including phenoxy) is 1. The number of carbonyl (C=O) groups excluding carboxylic acids is 2. The number of aldehydes is 1. The molecule has 0 bridgehead atoms. The van der Waals surface area contributed by atoms with E-state index < -0.39 is 6.23 Å². The van der Waals surface area contributed by atoms with Gasteiger partial charge in [0.05, 0.1) is 0 Å². The molecule has 0 saturated carbocycles. The van der Waals surface area contributed by atoms with Crippen molar-refractivity contribution >= 4 is 12.7 Å². The highest BCUT2D eigenvalue weighted by Gasteiger charge is 1.99. The average molecular weight is 116 g/mol. The molecule has 4 nitrogen and oxygen atoms in total. The van der Waals surface area contributed by atoms with E-state index in [1.165, 1.54) is 13.5 Å². The van der Waals surface area contributed by atoms with Gasteiger partial charge < -0.3 is 10.1 Å². The zero-order chi connectivity index (χ0) is 6.41. The first-order valence-corrected chi connectivity index (χ1v) is 1.96. The summed E-state index contributed by atoms with van der Waals surface area (Å²) in [7, 11) is 1.31. The molecule has 8 heavy (non-hydrogen) atoms. The molecule has 4 heteroatoms. The van der Waals surface area contributed by atoms with Crippen LogP contribution in [0.3, 0.4) is 0 Å². The van der Waals surface area contributed by atoms with Crippen molar-refractivity contribution in [1.29, 1.82) is 0 Å². The first kappa shape index (κ1) is 7.10. The molecule has 1 atom stereocenters. The molecule has 0 heterocycles. The van der Waals surface area contributed by atoms with Crippen LogP contribution in [0.2, 0.25) is 0 Å². The van der Waals surface area contributed by atoms with Gasteiger partial charge in [-0.2, -0.15) is 0 Å². The molecule has 45 valence electrons. The third kappa shape index (κ3) is 2.30. The van der Waals surface area contributed by atoms with Gasteiger partial charge in [0.2, 0.25) is 0 Å². The smallest absolute Gasteiger partial charge is 0.311 e. The van der Waals surface area contributed by atoms with Gasteiger partial charge in [-0.25, -0.2) is 0 Å². The van der Waals surface area contributed by atoms with E-state index >= 15 is 0 Å². The Labute approximate surface area is 46.8 Å². The summed E-state index contributed by atoms with van der Waals surface area (Å²) in [5.74, 6) is 0. The van der Waals surface area contributed by atoms with Crippen LogP contribution >= 0.6 is 0 Å².